The molecule has 1 heterocycles. The van der Waals surface area contributed by atoms with Gasteiger partial charge in [-0.15, -0.1) is 0 Å². The van der Waals surface area contributed by atoms with Crippen LogP contribution in [0.15, 0.2) is 59.9 Å². The first-order valence-corrected chi connectivity index (χ1v) is 8.10. The number of benzene rings is 2. The number of Topliss-reactive ketones (excluding diaryl/α,β-unsaturated/α-hetero) is 1. The van der Waals surface area contributed by atoms with Crippen molar-refractivity contribution in [1.82, 2.24) is 0 Å². The van der Waals surface area contributed by atoms with Crippen LogP contribution < -0.4 is 4.90 Å². The third-order valence-electron chi connectivity index (χ3n) is 4.34. The number of ketones is 1. The molecule has 0 radical (unpaired) electrons. The van der Waals surface area contributed by atoms with Gasteiger partial charge in [-0.2, -0.15) is 0 Å². The van der Waals surface area contributed by atoms with Crippen LogP contribution in [-0.4, -0.2) is 21.9 Å². The van der Waals surface area contributed by atoms with Gasteiger partial charge in [-0.05, 0) is 30.2 Å². The van der Waals surface area contributed by atoms with Gasteiger partial charge in [0.2, 0.25) is 0 Å². The summed E-state index contributed by atoms with van der Waals surface area (Å²) in [6.07, 6.45) is 0.170. The van der Waals surface area contributed by atoms with Gasteiger partial charge in [-0.25, -0.2) is 0 Å². The van der Waals surface area contributed by atoms with Crippen LogP contribution in [-0.2, 0) is 9.59 Å². The lowest BCUT2D eigenvalue weighted by molar-refractivity contribution is -0.118. The second kappa shape index (κ2) is 6.43. The van der Waals surface area contributed by atoms with Crippen LogP contribution in [0.3, 0.4) is 0 Å². The maximum atomic E-state index is 12.7. The van der Waals surface area contributed by atoms with Crippen LogP contribution in [0.4, 0.5) is 5.69 Å². The van der Waals surface area contributed by atoms with Gasteiger partial charge in [0, 0.05) is 6.42 Å². The van der Waals surface area contributed by atoms with E-state index in [0.717, 1.165) is 5.56 Å². The molecule has 1 amide bonds. The van der Waals surface area contributed by atoms with E-state index in [1.165, 1.54) is 11.0 Å². The van der Waals surface area contributed by atoms with Crippen molar-refractivity contribution in [3.05, 3.63) is 71.0 Å². The smallest absolute Gasteiger partial charge is 0.294 e. The molecule has 2 aromatic carbocycles. The maximum absolute atomic E-state index is 12.7. The Labute approximate surface area is 145 Å². The van der Waals surface area contributed by atoms with E-state index < -0.39 is 17.7 Å². The fourth-order valence-electron chi connectivity index (χ4n) is 3.11. The first kappa shape index (κ1) is 16.8. The maximum Gasteiger partial charge on any atom is 0.294 e. The zero-order valence-corrected chi connectivity index (χ0v) is 14.1. The molecular weight excluding hydrogens is 318 g/mol. The minimum Gasteiger partial charge on any atom is -0.506 e. The van der Waals surface area contributed by atoms with Gasteiger partial charge < -0.3 is 10.2 Å². The zero-order chi connectivity index (χ0) is 18.1. The van der Waals surface area contributed by atoms with Crippen LogP contribution >= 0.6 is 0 Å². The van der Waals surface area contributed by atoms with Gasteiger partial charge in [0.1, 0.15) is 5.75 Å². The van der Waals surface area contributed by atoms with E-state index in [9.17, 15) is 19.8 Å². The highest BCUT2D eigenvalue weighted by atomic mass is 16.3. The molecule has 0 aromatic heterocycles. The topological polar surface area (TPSA) is 77.8 Å². The Bertz CT molecular complexity index is 871. The summed E-state index contributed by atoms with van der Waals surface area (Å²) in [7, 11) is 0. The number of aliphatic hydroxyl groups excluding tert-OH is 1. The van der Waals surface area contributed by atoms with E-state index in [-0.39, 0.29) is 29.2 Å². The number of hydrogen-bond donors (Lipinski definition) is 2. The van der Waals surface area contributed by atoms with E-state index in [2.05, 4.69) is 0 Å². The Morgan fingerprint density at radius 3 is 2.44 bits per heavy atom. The number of phenolic OH excluding ortho intramolecular Hbond substituents is 1. The SMILES string of the molecule is CCC(=O)C1=C(O)C(=O)N(c2cc(C)ccc2O)C1c1ccccc1. The predicted molar refractivity (Wildman–Crippen MR) is 94.5 cm³/mol. The monoisotopic (exact) mass is 337 g/mol. The van der Waals surface area contributed by atoms with E-state index in [4.69, 9.17) is 0 Å². The first-order chi connectivity index (χ1) is 12.0. The molecule has 1 atom stereocenters. The number of carbonyl (C=O) groups is 2. The molecular formula is C20H19NO4. The first-order valence-electron chi connectivity index (χ1n) is 8.10. The average Bonchev–Trinajstić information content (AvgIpc) is 2.88. The molecule has 3 rings (SSSR count). The molecule has 0 fully saturated rings. The van der Waals surface area contributed by atoms with Crippen LogP contribution in [0.2, 0.25) is 0 Å². The molecule has 0 spiro atoms. The highest BCUT2D eigenvalue weighted by Gasteiger charge is 2.44. The van der Waals surface area contributed by atoms with Gasteiger partial charge in [-0.3, -0.25) is 14.5 Å². The van der Waals surface area contributed by atoms with Gasteiger partial charge >= 0.3 is 0 Å². The van der Waals surface area contributed by atoms with Crippen molar-refractivity contribution >= 4 is 17.4 Å². The minimum absolute atomic E-state index is 0.0691. The molecule has 128 valence electrons. The highest BCUT2D eigenvalue weighted by molar-refractivity contribution is 6.16. The highest BCUT2D eigenvalue weighted by Crippen LogP contribution is 2.44. The van der Waals surface area contributed by atoms with Crippen molar-refractivity contribution < 1.29 is 19.8 Å². The molecule has 2 aromatic rings. The summed E-state index contributed by atoms with van der Waals surface area (Å²) in [4.78, 5) is 26.4. The van der Waals surface area contributed by atoms with Crippen LogP contribution in [0.25, 0.3) is 0 Å². The second-order valence-electron chi connectivity index (χ2n) is 6.02. The molecule has 1 unspecified atom stereocenters. The molecule has 0 bridgehead atoms. The zero-order valence-electron chi connectivity index (χ0n) is 14.1. The summed E-state index contributed by atoms with van der Waals surface area (Å²) < 4.78 is 0. The lowest BCUT2D eigenvalue weighted by Gasteiger charge is -2.27. The van der Waals surface area contributed by atoms with Crippen molar-refractivity contribution in [2.24, 2.45) is 0 Å². The summed E-state index contributed by atoms with van der Waals surface area (Å²) in [5.74, 6) is -1.62. The number of aromatic hydroxyl groups is 1. The lowest BCUT2D eigenvalue weighted by atomic mass is 9.95. The third kappa shape index (κ3) is 2.78. The number of phenols is 1. The molecule has 2 N–H and O–H groups in total. The third-order valence-corrected chi connectivity index (χ3v) is 4.34. The van der Waals surface area contributed by atoms with E-state index >= 15 is 0 Å². The normalized spacial score (nSPS) is 17.3. The minimum atomic E-state index is -0.770. The number of carbonyl (C=O) groups excluding carboxylic acids is 2. The number of nitrogens with zero attached hydrogens (tertiary/aromatic N) is 1. The second-order valence-corrected chi connectivity index (χ2v) is 6.02. The number of aliphatic hydroxyl groups is 1. The number of aryl methyl sites for hydroxylation is 1. The van der Waals surface area contributed by atoms with Crippen molar-refractivity contribution in [2.45, 2.75) is 26.3 Å². The standard InChI is InChI=1S/C20H19NO4/c1-3-15(22)17-18(13-7-5-4-6-8-13)21(20(25)19(17)24)14-11-12(2)9-10-16(14)23/h4-11,18,23-24H,3H2,1-2H3. The van der Waals surface area contributed by atoms with Crippen molar-refractivity contribution in [1.29, 1.82) is 0 Å². The summed E-state index contributed by atoms with van der Waals surface area (Å²) >= 11 is 0. The number of amides is 1. The summed E-state index contributed by atoms with van der Waals surface area (Å²) in [5.41, 5.74) is 1.88. The van der Waals surface area contributed by atoms with Crippen molar-refractivity contribution in [3.8, 4) is 5.75 Å². The molecule has 0 aliphatic carbocycles. The molecule has 1 aliphatic rings. The van der Waals surface area contributed by atoms with Gasteiger partial charge in [-0.1, -0.05) is 43.3 Å². The average molecular weight is 337 g/mol. The Hall–Kier alpha value is -3.08. The Morgan fingerprint density at radius 2 is 1.80 bits per heavy atom. The Morgan fingerprint density at radius 1 is 1.12 bits per heavy atom. The van der Waals surface area contributed by atoms with E-state index in [1.54, 1.807) is 43.3 Å². The summed E-state index contributed by atoms with van der Waals surface area (Å²) in [5, 5.41) is 20.6. The quantitative estimate of drug-likeness (QED) is 0.894. The fourth-order valence-corrected chi connectivity index (χ4v) is 3.11. The van der Waals surface area contributed by atoms with Crippen molar-refractivity contribution in [3.63, 3.8) is 0 Å². The van der Waals surface area contributed by atoms with Crippen LogP contribution in [0, 0.1) is 6.92 Å². The Balaban J connectivity index is 2.22. The molecule has 0 saturated carbocycles. The van der Waals surface area contributed by atoms with Crippen LogP contribution in [0.5, 0.6) is 5.75 Å². The largest absolute Gasteiger partial charge is 0.506 e. The summed E-state index contributed by atoms with van der Waals surface area (Å²) in [6.45, 7) is 3.52. The molecule has 25 heavy (non-hydrogen) atoms. The van der Waals surface area contributed by atoms with Gasteiger partial charge in [0.25, 0.3) is 5.91 Å². The lowest BCUT2D eigenvalue weighted by Crippen LogP contribution is -2.31. The fraction of sp³-hybridized carbons (Fsp3) is 0.200. The molecule has 1 aliphatic heterocycles. The van der Waals surface area contributed by atoms with Gasteiger partial charge in [0.15, 0.2) is 11.5 Å². The van der Waals surface area contributed by atoms with Crippen molar-refractivity contribution in [2.75, 3.05) is 4.90 Å². The Kier molecular flexibility index (Phi) is 4.31. The predicted octanol–water partition coefficient (Wildman–Crippen LogP) is 3.58. The van der Waals surface area contributed by atoms with Crippen LogP contribution in [0.1, 0.15) is 30.5 Å². The summed E-state index contributed by atoms with van der Waals surface area (Å²) in [6, 6.07) is 13.1. The molecule has 5 heteroatoms. The van der Waals surface area contributed by atoms with Gasteiger partial charge in [0.05, 0.1) is 17.3 Å². The molecule has 5 nitrogen and oxygen atoms in total. The number of hydrogen-bond acceptors (Lipinski definition) is 4. The number of anilines is 1. The number of rotatable bonds is 4. The van der Waals surface area contributed by atoms with E-state index in [0.29, 0.717) is 5.56 Å². The van der Waals surface area contributed by atoms with E-state index in [1.807, 2.05) is 13.0 Å². The molecule has 0 saturated heterocycles.